The summed E-state index contributed by atoms with van der Waals surface area (Å²) in [5.41, 5.74) is 9.87. The van der Waals surface area contributed by atoms with Gasteiger partial charge in [-0.05, 0) is 29.7 Å². The van der Waals surface area contributed by atoms with Crippen LogP contribution in [0.5, 0.6) is 0 Å². The van der Waals surface area contributed by atoms with Gasteiger partial charge in [0.05, 0.1) is 5.56 Å². The van der Waals surface area contributed by atoms with Crippen molar-refractivity contribution in [1.82, 2.24) is 5.16 Å². The van der Waals surface area contributed by atoms with Gasteiger partial charge in [-0.15, -0.1) is 0 Å². The number of aryl methyl sites for hydroxylation is 1. The molecule has 21 heavy (non-hydrogen) atoms. The van der Waals surface area contributed by atoms with Crippen molar-refractivity contribution in [3.05, 3.63) is 59.1 Å². The van der Waals surface area contributed by atoms with Crippen LogP contribution in [-0.2, 0) is 6.42 Å². The summed E-state index contributed by atoms with van der Waals surface area (Å²) in [6.45, 7) is 2.12. The maximum absolute atomic E-state index is 6.06. The molecule has 2 N–H and O–H groups in total. The lowest BCUT2D eigenvalue weighted by atomic mass is 10.0. The van der Waals surface area contributed by atoms with Gasteiger partial charge >= 0.3 is 0 Å². The van der Waals surface area contributed by atoms with E-state index in [0.29, 0.717) is 16.6 Å². The number of hydrogen-bond donors (Lipinski definition) is 1. The zero-order chi connectivity index (χ0) is 14.8. The van der Waals surface area contributed by atoms with Crippen molar-refractivity contribution in [3.63, 3.8) is 0 Å². The maximum Gasteiger partial charge on any atom is 0.176 e. The Kier molecular flexibility index (Phi) is 3.67. The highest BCUT2D eigenvalue weighted by molar-refractivity contribution is 6.30. The molecule has 0 aliphatic heterocycles. The number of nitrogens with two attached hydrogens (primary N) is 1. The Bertz CT molecular complexity index is 763. The van der Waals surface area contributed by atoms with Gasteiger partial charge in [-0.1, -0.05) is 60.1 Å². The third kappa shape index (κ3) is 2.65. The number of hydrogen-bond acceptors (Lipinski definition) is 3. The molecule has 3 rings (SSSR count). The van der Waals surface area contributed by atoms with Crippen LogP contribution in [0.3, 0.4) is 0 Å². The highest BCUT2D eigenvalue weighted by Gasteiger charge is 2.17. The lowest BCUT2D eigenvalue weighted by Crippen LogP contribution is -1.89. The second kappa shape index (κ2) is 5.62. The fraction of sp³-hybridized carbons (Fsp3) is 0.118. The second-order valence-electron chi connectivity index (χ2n) is 4.83. The van der Waals surface area contributed by atoms with Crippen molar-refractivity contribution in [2.24, 2.45) is 0 Å². The molecule has 4 heteroatoms. The quantitative estimate of drug-likeness (QED) is 0.755. The molecule has 0 aliphatic carbocycles. The molecule has 0 amide bonds. The Morgan fingerprint density at radius 2 is 1.86 bits per heavy atom. The molecule has 1 heterocycles. The van der Waals surface area contributed by atoms with Crippen LogP contribution in [0.15, 0.2) is 53.1 Å². The molecular weight excluding hydrogens is 284 g/mol. The average Bonchev–Trinajstić information content (AvgIpc) is 2.89. The van der Waals surface area contributed by atoms with Crippen molar-refractivity contribution in [3.8, 4) is 22.5 Å². The third-order valence-corrected chi connectivity index (χ3v) is 3.69. The van der Waals surface area contributed by atoms with Crippen LogP contribution in [0.2, 0.25) is 5.02 Å². The number of rotatable bonds is 3. The molecule has 3 nitrogen and oxygen atoms in total. The molecule has 0 atom stereocenters. The van der Waals surface area contributed by atoms with Crippen LogP contribution in [0, 0.1) is 0 Å². The molecule has 1 aromatic heterocycles. The molecule has 2 aromatic carbocycles. The summed E-state index contributed by atoms with van der Waals surface area (Å²) in [7, 11) is 0. The van der Waals surface area contributed by atoms with E-state index in [0.717, 1.165) is 23.1 Å². The fourth-order valence-electron chi connectivity index (χ4n) is 2.31. The molecule has 0 fully saturated rings. The summed E-state index contributed by atoms with van der Waals surface area (Å²) in [5, 5.41) is 4.55. The van der Waals surface area contributed by atoms with Gasteiger partial charge in [-0.25, -0.2) is 0 Å². The number of nitrogen functional groups attached to an aromatic ring is 1. The van der Waals surface area contributed by atoms with Crippen LogP contribution in [0.4, 0.5) is 5.82 Å². The smallest absolute Gasteiger partial charge is 0.176 e. The van der Waals surface area contributed by atoms with E-state index >= 15 is 0 Å². The average molecular weight is 299 g/mol. The van der Waals surface area contributed by atoms with E-state index < -0.39 is 0 Å². The van der Waals surface area contributed by atoms with Crippen LogP contribution in [-0.4, -0.2) is 5.16 Å². The standard InChI is InChI=1S/C17H15ClN2O/c1-2-11-6-8-12(9-7-11)16-15(17(19)20-21-16)13-4-3-5-14(18)10-13/h3-10H,2H2,1H3,(H2,19,20). The van der Waals surface area contributed by atoms with Crippen molar-refractivity contribution < 1.29 is 4.52 Å². The molecule has 3 aromatic rings. The first-order chi connectivity index (χ1) is 10.2. The Morgan fingerprint density at radius 1 is 1.10 bits per heavy atom. The van der Waals surface area contributed by atoms with Gasteiger partial charge in [0.15, 0.2) is 11.6 Å². The lowest BCUT2D eigenvalue weighted by molar-refractivity contribution is 0.436. The first-order valence-electron chi connectivity index (χ1n) is 6.79. The minimum Gasteiger partial charge on any atom is -0.380 e. The summed E-state index contributed by atoms with van der Waals surface area (Å²) in [6, 6.07) is 15.7. The molecule has 0 aliphatic rings. The van der Waals surface area contributed by atoms with Gasteiger partial charge in [0.2, 0.25) is 0 Å². The minimum atomic E-state index is 0.367. The Balaban J connectivity index is 2.12. The minimum absolute atomic E-state index is 0.367. The van der Waals surface area contributed by atoms with Gasteiger partial charge < -0.3 is 10.3 Å². The molecule has 0 bridgehead atoms. The number of nitrogens with zero attached hydrogens (tertiary/aromatic N) is 1. The van der Waals surface area contributed by atoms with Crippen LogP contribution >= 0.6 is 11.6 Å². The number of aromatic nitrogens is 1. The van der Waals surface area contributed by atoms with E-state index in [1.165, 1.54) is 5.56 Å². The molecule has 0 saturated carbocycles. The van der Waals surface area contributed by atoms with Crippen molar-refractivity contribution in [2.75, 3.05) is 5.73 Å². The van der Waals surface area contributed by atoms with Crippen LogP contribution in [0.25, 0.3) is 22.5 Å². The SMILES string of the molecule is CCc1ccc(-c2onc(N)c2-c2cccc(Cl)c2)cc1. The van der Waals surface area contributed by atoms with Crippen molar-refractivity contribution in [2.45, 2.75) is 13.3 Å². The van der Waals surface area contributed by atoms with Gasteiger partial charge in [0.1, 0.15) is 0 Å². The van der Waals surface area contributed by atoms with E-state index in [-0.39, 0.29) is 0 Å². The van der Waals surface area contributed by atoms with Crippen LogP contribution < -0.4 is 5.73 Å². The zero-order valence-corrected chi connectivity index (χ0v) is 12.4. The molecular formula is C17H15ClN2O. The van der Waals surface area contributed by atoms with E-state index in [1.807, 2.05) is 36.4 Å². The largest absolute Gasteiger partial charge is 0.380 e. The molecule has 0 radical (unpaired) electrons. The van der Waals surface area contributed by atoms with Gasteiger partial charge in [0.25, 0.3) is 0 Å². The topological polar surface area (TPSA) is 52.0 Å². The van der Waals surface area contributed by atoms with E-state index in [1.54, 1.807) is 0 Å². The number of benzene rings is 2. The molecule has 0 spiro atoms. The molecule has 0 saturated heterocycles. The normalized spacial score (nSPS) is 10.8. The maximum atomic E-state index is 6.06. The summed E-state index contributed by atoms with van der Waals surface area (Å²) >= 11 is 6.06. The molecule has 106 valence electrons. The first kappa shape index (κ1) is 13.7. The number of anilines is 1. The predicted molar refractivity (Wildman–Crippen MR) is 86.2 cm³/mol. The predicted octanol–water partition coefficient (Wildman–Crippen LogP) is 4.81. The lowest BCUT2D eigenvalue weighted by Gasteiger charge is -2.04. The van der Waals surface area contributed by atoms with Gasteiger partial charge in [-0.3, -0.25) is 0 Å². The van der Waals surface area contributed by atoms with E-state index in [9.17, 15) is 0 Å². The monoisotopic (exact) mass is 298 g/mol. The Hall–Kier alpha value is -2.26. The Labute approximate surface area is 128 Å². The number of halogens is 1. The first-order valence-corrected chi connectivity index (χ1v) is 7.17. The second-order valence-corrected chi connectivity index (χ2v) is 5.27. The highest BCUT2D eigenvalue weighted by Crippen LogP contribution is 2.37. The highest BCUT2D eigenvalue weighted by atomic mass is 35.5. The summed E-state index contributed by atoms with van der Waals surface area (Å²) < 4.78 is 5.43. The summed E-state index contributed by atoms with van der Waals surface area (Å²) in [6.07, 6.45) is 1.000. The van der Waals surface area contributed by atoms with E-state index in [4.69, 9.17) is 21.9 Å². The molecule has 0 unspecified atom stereocenters. The van der Waals surface area contributed by atoms with Crippen molar-refractivity contribution >= 4 is 17.4 Å². The Morgan fingerprint density at radius 3 is 2.52 bits per heavy atom. The third-order valence-electron chi connectivity index (χ3n) is 3.46. The zero-order valence-electron chi connectivity index (χ0n) is 11.6. The van der Waals surface area contributed by atoms with E-state index in [2.05, 4.69) is 24.2 Å². The van der Waals surface area contributed by atoms with Gasteiger partial charge in [0, 0.05) is 10.6 Å². The summed E-state index contributed by atoms with van der Waals surface area (Å²) in [4.78, 5) is 0. The fourth-order valence-corrected chi connectivity index (χ4v) is 2.50. The van der Waals surface area contributed by atoms with Crippen molar-refractivity contribution in [1.29, 1.82) is 0 Å². The van der Waals surface area contributed by atoms with Gasteiger partial charge in [-0.2, -0.15) is 0 Å². The van der Waals surface area contributed by atoms with Crippen LogP contribution in [0.1, 0.15) is 12.5 Å². The summed E-state index contributed by atoms with van der Waals surface area (Å²) in [5.74, 6) is 1.03.